The van der Waals surface area contributed by atoms with Crippen molar-refractivity contribution >= 4 is 31.8 Å². The fraction of sp³-hybridized carbons (Fsp3) is 0.500. The van der Waals surface area contributed by atoms with Crippen LogP contribution in [0.3, 0.4) is 0 Å². The standard InChI is InChI=1S/C10H14BrN3O2S/c1-2-6-3-8(6)14-17(15,16)9-4-7(11)5-13-10(9)12/h4-6,8,14H,2-3H2,1H3,(H2,12,13). The second-order valence-corrected chi connectivity index (χ2v) is 6.77. The maximum atomic E-state index is 12.1. The van der Waals surface area contributed by atoms with Gasteiger partial charge in [0.25, 0.3) is 0 Å². The normalized spacial score (nSPS) is 23.6. The lowest BCUT2D eigenvalue weighted by molar-refractivity contribution is 0.576. The van der Waals surface area contributed by atoms with Gasteiger partial charge in [-0.1, -0.05) is 13.3 Å². The topological polar surface area (TPSA) is 85.1 Å². The van der Waals surface area contributed by atoms with Gasteiger partial charge in [0.15, 0.2) is 0 Å². The molecule has 2 rings (SSSR count). The molecule has 2 atom stereocenters. The van der Waals surface area contributed by atoms with Crippen molar-refractivity contribution in [1.29, 1.82) is 0 Å². The third-order valence-electron chi connectivity index (χ3n) is 2.89. The molecule has 0 saturated heterocycles. The lowest BCUT2D eigenvalue weighted by atomic mass is 10.3. The van der Waals surface area contributed by atoms with E-state index in [1.54, 1.807) is 0 Å². The van der Waals surface area contributed by atoms with Gasteiger partial charge in [0.1, 0.15) is 10.7 Å². The van der Waals surface area contributed by atoms with Crippen molar-refractivity contribution in [2.45, 2.75) is 30.7 Å². The Morgan fingerprint density at radius 1 is 1.65 bits per heavy atom. The Morgan fingerprint density at radius 3 is 2.94 bits per heavy atom. The van der Waals surface area contributed by atoms with Gasteiger partial charge >= 0.3 is 0 Å². The number of hydrogen-bond acceptors (Lipinski definition) is 4. The average Bonchev–Trinajstić information content (AvgIpc) is 2.99. The number of nitrogens with zero attached hydrogens (tertiary/aromatic N) is 1. The van der Waals surface area contributed by atoms with Crippen LogP contribution in [0, 0.1) is 5.92 Å². The molecule has 0 amide bonds. The Morgan fingerprint density at radius 2 is 2.35 bits per heavy atom. The molecule has 3 N–H and O–H groups in total. The molecule has 1 aromatic rings. The van der Waals surface area contributed by atoms with Gasteiger partial charge in [0.05, 0.1) is 0 Å². The highest BCUT2D eigenvalue weighted by Crippen LogP contribution is 2.34. The van der Waals surface area contributed by atoms with E-state index in [1.807, 2.05) is 6.92 Å². The minimum atomic E-state index is -3.56. The number of pyridine rings is 1. The lowest BCUT2D eigenvalue weighted by Crippen LogP contribution is -2.28. The van der Waals surface area contributed by atoms with Crippen molar-refractivity contribution in [3.8, 4) is 0 Å². The molecule has 17 heavy (non-hydrogen) atoms. The molecule has 94 valence electrons. The second-order valence-electron chi connectivity index (χ2n) is 4.17. The fourth-order valence-corrected chi connectivity index (χ4v) is 3.66. The van der Waals surface area contributed by atoms with E-state index >= 15 is 0 Å². The Balaban J connectivity index is 2.23. The van der Waals surface area contributed by atoms with E-state index in [0.717, 1.165) is 12.8 Å². The number of rotatable bonds is 4. The van der Waals surface area contributed by atoms with Crippen molar-refractivity contribution in [3.63, 3.8) is 0 Å². The Bertz CT molecular complexity index is 532. The quantitative estimate of drug-likeness (QED) is 0.880. The highest BCUT2D eigenvalue weighted by Gasteiger charge is 2.39. The van der Waals surface area contributed by atoms with Gasteiger partial charge in [-0.25, -0.2) is 18.1 Å². The number of halogens is 1. The summed E-state index contributed by atoms with van der Waals surface area (Å²) in [5, 5.41) is 0. The van der Waals surface area contributed by atoms with Gasteiger partial charge in [-0.15, -0.1) is 0 Å². The Labute approximate surface area is 109 Å². The van der Waals surface area contributed by atoms with E-state index in [1.165, 1.54) is 12.3 Å². The van der Waals surface area contributed by atoms with Gasteiger partial charge < -0.3 is 5.73 Å². The van der Waals surface area contributed by atoms with E-state index in [4.69, 9.17) is 5.73 Å². The summed E-state index contributed by atoms with van der Waals surface area (Å²) in [6.45, 7) is 2.05. The second kappa shape index (κ2) is 4.55. The summed E-state index contributed by atoms with van der Waals surface area (Å²) in [6, 6.07) is 1.51. The van der Waals surface area contributed by atoms with Crippen LogP contribution in [-0.2, 0) is 10.0 Å². The van der Waals surface area contributed by atoms with Crippen LogP contribution in [0.5, 0.6) is 0 Å². The number of nitrogens with two attached hydrogens (primary N) is 1. The van der Waals surface area contributed by atoms with Crippen LogP contribution >= 0.6 is 15.9 Å². The van der Waals surface area contributed by atoms with E-state index in [9.17, 15) is 8.42 Å². The highest BCUT2D eigenvalue weighted by molar-refractivity contribution is 9.10. The summed E-state index contributed by atoms with van der Waals surface area (Å²) in [6.07, 6.45) is 3.36. The minimum Gasteiger partial charge on any atom is -0.383 e. The van der Waals surface area contributed by atoms with Crippen LogP contribution < -0.4 is 10.5 Å². The molecule has 1 saturated carbocycles. The fourth-order valence-electron chi connectivity index (χ4n) is 1.75. The van der Waals surface area contributed by atoms with Gasteiger partial charge in [-0.2, -0.15) is 0 Å². The number of aromatic nitrogens is 1. The van der Waals surface area contributed by atoms with Crippen LogP contribution in [0.25, 0.3) is 0 Å². The zero-order valence-corrected chi connectivity index (χ0v) is 11.8. The summed E-state index contributed by atoms with van der Waals surface area (Å²) < 4.78 is 27.4. The number of nitrogen functional groups attached to an aromatic ring is 1. The summed E-state index contributed by atoms with van der Waals surface area (Å²) in [4.78, 5) is 3.86. The molecule has 0 aliphatic heterocycles. The molecule has 0 aromatic carbocycles. The molecule has 7 heteroatoms. The van der Waals surface area contributed by atoms with Crippen molar-refractivity contribution in [1.82, 2.24) is 9.71 Å². The first-order chi connectivity index (χ1) is 7.94. The SMILES string of the molecule is CCC1CC1NS(=O)(=O)c1cc(Br)cnc1N. The number of nitrogens with one attached hydrogen (secondary N) is 1. The van der Waals surface area contributed by atoms with E-state index in [2.05, 4.69) is 25.6 Å². The third kappa shape index (κ3) is 2.78. The minimum absolute atomic E-state index is 0.0226. The molecular formula is C10H14BrN3O2S. The summed E-state index contributed by atoms with van der Waals surface area (Å²) >= 11 is 3.19. The smallest absolute Gasteiger partial charge is 0.244 e. The summed E-state index contributed by atoms with van der Waals surface area (Å²) in [7, 11) is -3.56. The molecule has 5 nitrogen and oxygen atoms in total. The van der Waals surface area contributed by atoms with E-state index in [-0.39, 0.29) is 16.8 Å². The van der Waals surface area contributed by atoms with Crippen LogP contribution in [0.15, 0.2) is 21.6 Å². The maximum Gasteiger partial charge on any atom is 0.244 e. The van der Waals surface area contributed by atoms with Gasteiger partial charge in [-0.3, -0.25) is 0 Å². The van der Waals surface area contributed by atoms with Crippen LogP contribution in [0.4, 0.5) is 5.82 Å². The molecule has 0 spiro atoms. The first-order valence-corrected chi connectivity index (χ1v) is 7.65. The molecule has 1 aliphatic carbocycles. The van der Waals surface area contributed by atoms with Crippen LogP contribution in [-0.4, -0.2) is 19.4 Å². The number of anilines is 1. The first-order valence-electron chi connectivity index (χ1n) is 5.37. The third-order valence-corrected chi connectivity index (χ3v) is 4.84. The monoisotopic (exact) mass is 319 g/mol. The first kappa shape index (κ1) is 12.8. The Kier molecular flexibility index (Phi) is 3.42. The largest absolute Gasteiger partial charge is 0.383 e. The van der Waals surface area contributed by atoms with Gasteiger partial charge in [0, 0.05) is 16.7 Å². The molecule has 1 fully saturated rings. The van der Waals surface area contributed by atoms with E-state index < -0.39 is 10.0 Å². The molecule has 1 heterocycles. The highest BCUT2D eigenvalue weighted by atomic mass is 79.9. The van der Waals surface area contributed by atoms with Crippen LogP contribution in [0.2, 0.25) is 0 Å². The van der Waals surface area contributed by atoms with Crippen molar-refractivity contribution < 1.29 is 8.42 Å². The number of hydrogen-bond donors (Lipinski definition) is 2. The van der Waals surface area contributed by atoms with Gasteiger partial charge in [-0.05, 0) is 34.3 Å². The maximum absolute atomic E-state index is 12.1. The van der Waals surface area contributed by atoms with Crippen molar-refractivity contribution in [2.75, 3.05) is 5.73 Å². The van der Waals surface area contributed by atoms with E-state index in [0.29, 0.717) is 10.4 Å². The predicted molar refractivity (Wildman–Crippen MR) is 68.9 cm³/mol. The zero-order chi connectivity index (χ0) is 12.6. The molecule has 1 aliphatic rings. The van der Waals surface area contributed by atoms with Gasteiger partial charge in [0.2, 0.25) is 10.0 Å². The lowest BCUT2D eigenvalue weighted by Gasteiger charge is -2.08. The van der Waals surface area contributed by atoms with Crippen molar-refractivity contribution in [2.24, 2.45) is 5.92 Å². The van der Waals surface area contributed by atoms with Crippen LogP contribution in [0.1, 0.15) is 19.8 Å². The molecule has 0 bridgehead atoms. The predicted octanol–water partition coefficient (Wildman–Crippen LogP) is 1.50. The Hall–Kier alpha value is -0.660. The molecule has 1 aromatic heterocycles. The average molecular weight is 320 g/mol. The number of sulfonamides is 1. The summed E-state index contributed by atoms with van der Waals surface area (Å²) in [5.74, 6) is 0.473. The zero-order valence-electron chi connectivity index (χ0n) is 9.35. The summed E-state index contributed by atoms with van der Waals surface area (Å²) in [5.41, 5.74) is 5.59. The molecule has 2 unspecified atom stereocenters. The molecular weight excluding hydrogens is 306 g/mol. The van der Waals surface area contributed by atoms with Crippen molar-refractivity contribution in [3.05, 3.63) is 16.7 Å². The molecule has 0 radical (unpaired) electrons.